The van der Waals surface area contributed by atoms with Crippen LogP contribution in [0.2, 0.25) is 0 Å². The SMILES string of the molecule is O=C(c1cncnc1)N1CCOC[C@H](Cc2ccc3[nH]ncc3c2)C1. The van der Waals surface area contributed by atoms with Crippen molar-refractivity contribution in [3.8, 4) is 0 Å². The second kappa shape index (κ2) is 6.98. The summed E-state index contributed by atoms with van der Waals surface area (Å²) in [5, 5.41) is 8.12. The third-order valence-corrected chi connectivity index (χ3v) is 4.46. The first-order chi connectivity index (χ1) is 12.3. The fourth-order valence-electron chi connectivity index (χ4n) is 3.23. The normalized spacial score (nSPS) is 18.2. The van der Waals surface area contributed by atoms with E-state index in [9.17, 15) is 4.79 Å². The molecule has 1 atom stereocenters. The summed E-state index contributed by atoms with van der Waals surface area (Å²) in [5.41, 5.74) is 2.77. The quantitative estimate of drug-likeness (QED) is 0.786. The molecule has 4 rings (SSSR count). The molecule has 1 aliphatic rings. The Labute approximate surface area is 145 Å². The van der Waals surface area contributed by atoms with Crippen molar-refractivity contribution in [2.45, 2.75) is 6.42 Å². The standard InChI is InChI=1S/C18H19N5O2/c24-18(16-7-19-12-20-8-16)23-3-4-25-11-14(10-23)5-13-1-2-17-15(6-13)9-21-22-17/h1-2,6-9,12,14H,3-5,10-11H2,(H,21,22)/t14-/m1/s1. The lowest BCUT2D eigenvalue weighted by atomic mass is 9.98. The summed E-state index contributed by atoms with van der Waals surface area (Å²) in [6, 6.07) is 6.28. The number of benzene rings is 1. The fraction of sp³-hybridized carbons (Fsp3) is 0.333. The van der Waals surface area contributed by atoms with Crippen molar-refractivity contribution in [2.24, 2.45) is 5.92 Å². The zero-order chi connectivity index (χ0) is 17.1. The predicted octanol–water partition coefficient (Wildman–Crippen LogP) is 1.68. The molecule has 1 aliphatic heterocycles. The number of fused-ring (bicyclic) bond motifs is 1. The highest BCUT2D eigenvalue weighted by Gasteiger charge is 2.24. The topological polar surface area (TPSA) is 84.0 Å². The summed E-state index contributed by atoms with van der Waals surface area (Å²) < 4.78 is 5.72. The van der Waals surface area contributed by atoms with Crippen molar-refractivity contribution < 1.29 is 9.53 Å². The number of carbonyl (C=O) groups excluding carboxylic acids is 1. The second-order valence-electron chi connectivity index (χ2n) is 6.31. The molecule has 1 aromatic carbocycles. The first-order valence-corrected chi connectivity index (χ1v) is 8.33. The molecule has 0 radical (unpaired) electrons. The van der Waals surface area contributed by atoms with E-state index in [1.54, 1.807) is 12.4 Å². The average Bonchev–Trinajstić information content (AvgIpc) is 2.99. The summed E-state index contributed by atoms with van der Waals surface area (Å²) in [5.74, 6) is 0.210. The molecule has 2 aromatic heterocycles. The number of amides is 1. The Bertz CT molecular complexity index is 864. The molecule has 0 spiro atoms. The molecule has 0 saturated carbocycles. The Morgan fingerprint density at radius 1 is 1.28 bits per heavy atom. The molecule has 1 N–H and O–H groups in total. The zero-order valence-electron chi connectivity index (χ0n) is 13.8. The predicted molar refractivity (Wildman–Crippen MR) is 92.0 cm³/mol. The maximum Gasteiger partial charge on any atom is 0.257 e. The van der Waals surface area contributed by atoms with E-state index in [0.717, 1.165) is 17.3 Å². The maximum atomic E-state index is 12.7. The maximum absolute atomic E-state index is 12.7. The first-order valence-electron chi connectivity index (χ1n) is 8.33. The van der Waals surface area contributed by atoms with Crippen molar-refractivity contribution in [1.82, 2.24) is 25.1 Å². The van der Waals surface area contributed by atoms with Gasteiger partial charge in [-0.2, -0.15) is 5.10 Å². The highest BCUT2D eigenvalue weighted by Crippen LogP contribution is 2.19. The van der Waals surface area contributed by atoms with Gasteiger partial charge in [-0.15, -0.1) is 0 Å². The van der Waals surface area contributed by atoms with Crippen LogP contribution in [0.3, 0.4) is 0 Å². The molecule has 25 heavy (non-hydrogen) atoms. The van der Waals surface area contributed by atoms with Gasteiger partial charge in [0.05, 0.1) is 30.5 Å². The number of rotatable bonds is 3. The molecular weight excluding hydrogens is 318 g/mol. The van der Waals surface area contributed by atoms with Crippen molar-refractivity contribution in [3.63, 3.8) is 0 Å². The van der Waals surface area contributed by atoms with Gasteiger partial charge in [-0.3, -0.25) is 9.89 Å². The van der Waals surface area contributed by atoms with Gasteiger partial charge in [-0.25, -0.2) is 9.97 Å². The molecule has 7 heteroatoms. The van der Waals surface area contributed by atoms with Gasteiger partial charge in [0.25, 0.3) is 5.91 Å². The molecule has 1 amide bonds. The number of carbonyl (C=O) groups is 1. The number of nitrogens with zero attached hydrogens (tertiary/aromatic N) is 4. The fourth-order valence-corrected chi connectivity index (χ4v) is 3.23. The van der Waals surface area contributed by atoms with Gasteiger partial charge < -0.3 is 9.64 Å². The average molecular weight is 337 g/mol. The van der Waals surface area contributed by atoms with Gasteiger partial charge >= 0.3 is 0 Å². The minimum Gasteiger partial charge on any atom is -0.379 e. The number of aromatic nitrogens is 4. The van der Waals surface area contributed by atoms with Crippen LogP contribution in [-0.4, -0.2) is 57.3 Å². The van der Waals surface area contributed by atoms with Crippen LogP contribution in [0.1, 0.15) is 15.9 Å². The van der Waals surface area contributed by atoms with E-state index in [0.29, 0.717) is 31.9 Å². The largest absolute Gasteiger partial charge is 0.379 e. The molecule has 128 valence electrons. The van der Waals surface area contributed by atoms with Gasteiger partial charge in [-0.1, -0.05) is 6.07 Å². The summed E-state index contributed by atoms with van der Waals surface area (Å²) in [6.07, 6.45) is 7.23. The molecule has 0 aliphatic carbocycles. The van der Waals surface area contributed by atoms with Crippen molar-refractivity contribution in [2.75, 3.05) is 26.3 Å². The minimum atomic E-state index is -0.0404. The zero-order valence-corrected chi connectivity index (χ0v) is 13.8. The molecule has 3 aromatic rings. The lowest BCUT2D eigenvalue weighted by Crippen LogP contribution is -2.36. The van der Waals surface area contributed by atoms with E-state index in [2.05, 4.69) is 32.3 Å². The Morgan fingerprint density at radius 3 is 3.04 bits per heavy atom. The Kier molecular flexibility index (Phi) is 4.39. The van der Waals surface area contributed by atoms with Crippen molar-refractivity contribution in [3.05, 3.63) is 54.2 Å². The minimum absolute atomic E-state index is 0.0404. The highest BCUT2D eigenvalue weighted by molar-refractivity contribution is 5.93. The first kappa shape index (κ1) is 15.7. The lowest BCUT2D eigenvalue weighted by Gasteiger charge is -2.23. The van der Waals surface area contributed by atoms with Crippen LogP contribution in [0.4, 0.5) is 0 Å². The van der Waals surface area contributed by atoms with Crippen LogP contribution >= 0.6 is 0 Å². The van der Waals surface area contributed by atoms with E-state index in [-0.39, 0.29) is 11.8 Å². The smallest absolute Gasteiger partial charge is 0.257 e. The molecule has 0 bridgehead atoms. The van der Waals surface area contributed by atoms with Crippen LogP contribution in [0, 0.1) is 5.92 Å². The third-order valence-electron chi connectivity index (χ3n) is 4.46. The monoisotopic (exact) mass is 337 g/mol. The summed E-state index contributed by atoms with van der Waals surface area (Å²) in [4.78, 5) is 22.4. The molecule has 1 saturated heterocycles. The van der Waals surface area contributed by atoms with E-state index in [1.807, 2.05) is 17.2 Å². The van der Waals surface area contributed by atoms with Gasteiger partial charge in [0.1, 0.15) is 6.33 Å². The van der Waals surface area contributed by atoms with Crippen LogP contribution < -0.4 is 0 Å². The number of hydrogen-bond donors (Lipinski definition) is 1. The summed E-state index contributed by atoms with van der Waals surface area (Å²) in [7, 11) is 0. The van der Waals surface area contributed by atoms with Crippen LogP contribution in [-0.2, 0) is 11.2 Å². The molecular formula is C18H19N5O2. The Morgan fingerprint density at radius 2 is 2.16 bits per heavy atom. The highest BCUT2D eigenvalue weighted by atomic mass is 16.5. The molecule has 3 heterocycles. The number of ether oxygens (including phenoxy) is 1. The Balaban J connectivity index is 1.48. The number of aromatic amines is 1. The Hall–Kier alpha value is -2.80. The number of nitrogens with one attached hydrogen (secondary N) is 1. The van der Waals surface area contributed by atoms with E-state index >= 15 is 0 Å². The second-order valence-corrected chi connectivity index (χ2v) is 6.31. The van der Waals surface area contributed by atoms with Crippen LogP contribution in [0.15, 0.2) is 43.1 Å². The van der Waals surface area contributed by atoms with E-state index in [4.69, 9.17) is 4.74 Å². The van der Waals surface area contributed by atoms with E-state index in [1.165, 1.54) is 11.9 Å². The van der Waals surface area contributed by atoms with Crippen molar-refractivity contribution in [1.29, 1.82) is 0 Å². The van der Waals surface area contributed by atoms with Gasteiger partial charge in [0.15, 0.2) is 0 Å². The summed E-state index contributed by atoms with van der Waals surface area (Å²) >= 11 is 0. The molecule has 0 unspecified atom stereocenters. The summed E-state index contributed by atoms with van der Waals surface area (Å²) in [6.45, 7) is 2.46. The van der Waals surface area contributed by atoms with Gasteiger partial charge in [-0.05, 0) is 24.1 Å². The van der Waals surface area contributed by atoms with E-state index < -0.39 is 0 Å². The van der Waals surface area contributed by atoms with Gasteiger partial charge in [0.2, 0.25) is 0 Å². The third kappa shape index (κ3) is 3.51. The lowest BCUT2D eigenvalue weighted by molar-refractivity contribution is 0.0736. The van der Waals surface area contributed by atoms with Gasteiger partial charge in [0, 0.05) is 36.8 Å². The molecule has 1 fully saturated rings. The van der Waals surface area contributed by atoms with Crippen LogP contribution in [0.25, 0.3) is 10.9 Å². The van der Waals surface area contributed by atoms with Crippen molar-refractivity contribution >= 4 is 16.8 Å². The molecule has 7 nitrogen and oxygen atoms in total. The number of H-pyrrole nitrogens is 1. The van der Waals surface area contributed by atoms with Crippen LogP contribution in [0.5, 0.6) is 0 Å². The number of hydrogen-bond acceptors (Lipinski definition) is 5.